The van der Waals surface area contributed by atoms with Gasteiger partial charge in [0, 0.05) is 36.0 Å². The number of carbonyl (C=O) groups excluding carboxylic acids is 2. The Hall–Kier alpha value is -3.70. The molecule has 1 amide bonds. The highest BCUT2D eigenvalue weighted by atomic mass is 35.5. The molecule has 4 rings (SSSR count). The molecule has 12 heteroatoms. The first-order chi connectivity index (χ1) is 18.0. The molecular weight excluding hydrogens is 523 g/mol. The number of anilines is 3. The fraction of sp³-hybridized carbons (Fsp3) is 0.308. The van der Waals surface area contributed by atoms with Crippen molar-refractivity contribution >= 4 is 40.4 Å². The van der Waals surface area contributed by atoms with E-state index in [1.54, 1.807) is 13.0 Å². The van der Waals surface area contributed by atoms with Gasteiger partial charge in [-0.2, -0.15) is 13.2 Å². The van der Waals surface area contributed by atoms with Crippen LogP contribution in [0.3, 0.4) is 0 Å². The van der Waals surface area contributed by atoms with Crippen LogP contribution < -0.4 is 16.4 Å². The molecule has 0 bridgehead atoms. The lowest BCUT2D eigenvalue weighted by atomic mass is 9.80. The number of benzene rings is 1. The fourth-order valence-electron chi connectivity index (χ4n) is 4.25. The first-order valence-electron chi connectivity index (χ1n) is 11.7. The maximum Gasteiger partial charge on any atom is 0.418 e. The van der Waals surface area contributed by atoms with Gasteiger partial charge in [-0.05, 0) is 49.2 Å². The van der Waals surface area contributed by atoms with Gasteiger partial charge in [-0.25, -0.2) is 0 Å². The molecule has 1 aromatic carbocycles. The summed E-state index contributed by atoms with van der Waals surface area (Å²) in [5.74, 6) is -0.616. The number of aryl methyl sites for hydroxylation is 1. The van der Waals surface area contributed by atoms with Crippen molar-refractivity contribution in [3.8, 4) is 0 Å². The summed E-state index contributed by atoms with van der Waals surface area (Å²) in [5.41, 5.74) is 5.81. The summed E-state index contributed by atoms with van der Waals surface area (Å²) in [6.07, 6.45) is -0.0671. The van der Waals surface area contributed by atoms with E-state index in [2.05, 4.69) is 20.6 Å². The maximum atomic E-state index is 13.4. The van der Waals surface area contributed by atoms with E-state index in [0.29, 0.717) is 41.2 Å². The van der Waals surface area contributed by atoms with Gasteiger partial charge in [-0.15, -0.1) is 0 Å². The van der Waals surface area contributed by atoms with Gasteiger partial charge in [-0.1, -0.05) is 11.6 Å². The minimum Gasteiger partial charge on any atom is -0.397 e. The molecule has 1 saturated heterocycles. The normalized spacial score (nSPS) is 17.3. The Morgan fingerprint density at radius 3 is 2.63 bits per heavy atom. The van der Waals surface area contributed by atoms with Crippen LogP contribution in [0.15, 0.2) is 48.9 Å². The largest absolute Gasteiger partial charge is 0.418 e. The first kappa shape index (κ1) is 27.3. The highest BCUT2D eigenvalue weighted by Gasteiger charge is 2.44. The van der Waals surface area contributed by atoms with E-state index in [4.69, 9.17) is 22.1 Å². The minimum absolute atomic E-state index is 0.0278. The highest BCUT2D eigenvalue weighted by Crippen LogP contribution is 2.38. The summed E-state index contributed by atoms with van der Waals surface area (Å²) in [6.45, 7) is 2.24. The number of carbonyl (C=O) groups is 2. The molecule has 3 heterocycles. The van der Waals surface area contributed by atoms with Crippen LogP contribution in [-0.4, -0.2) is 34.9 Å². The average molecular weight is 548 g/mol. The third-order valence-electron chi connectivity index (χ3n) is 6.33. The Labute approximate surface area is 221 Å². The number of halogens is 4. The van der Waals surface area contributed by atoms with Crippen LogP contribution in [0.1, 0.15) is 40.0 Å². The molecule has 4 N–H and O–H groups in total. The Bertz CT molecular complexity index is 1360. The minimum atomic E-state index is -4.59. The summed E-state index contributed by atoms with van der Waals surface area (Å²) in [6, 6.07) is 6.61. The van der Waals surface area contributed by atoms with E-state index < -0.39 is 17.2 Å². The van der Waals surface area contributed by atoms with Gasteiger partial charge >= 0.3 is 6.18 Å². The molecule has 0 aliphatic carbocycles. The van der Waals surface area contributed by atoms with Gasteiger partial charge < -0.3 is 21.1 Å². The predicted octanol–water partition coefficient (Wildman–Crippen LogP) is 5.08. The molecule has 200 valence electrons. The monoisotopic (exact) mass is 547 g/mol. The lowest BCUT2D eigenvalue weighted by Gasteiger charge is -2.25. The number of nitrogens with zero attached hydrogens (tertiary/aromatic N) is 2. The molecular formula is C26H25ClF3N5O3. The quantitative estimate of drug-likeness (QED) is 0.336. The number of amides is 1. The molecule has 0 saturated carbocycles. The van der Waals surface area contributed by atoms with Crippen LogP contribution in [0.25, 0.3) is 0 Å². The number of hydrogen-bond acceptors (Lipinski definition) is 7. The number of aromatic nitrogens is 2. The van der Waals surface area contributed by atoms with Crippen LogP contribution in [-0.2, 0) is 22.3 Å². The molecule has 38 heavy (non-hydrogen) atoms. The molecule has 3 aromatic rings. The van der Waals surface area contributed by atoms with Crippen molar-refractivity contribution in [2.45, 2.75) is 32.5 Å². The molecule has 1 fully saturated rings. The smallest absolute Gasteiger partial charge is 0.397 e. The van der Waals surface area contributed by atoms with Gasteiger partial charge in [0.1, 0.15) is 0 Å². The number of Topliss-reactive ketones (excluding diaryl/α,β-unsaturated/α-hetero) is 1. The summed E-state index contributed by atoms with van der Waals surface area (Å²) >= 11 is 5.75. The number of nitrogen functional groups attached to an aromatic ring is 1. The van der Waals surface area contributed by atoms with E-state index in [-0.39, 0.29) is 42.0 Å². The van der Waals surface area contributed by atoms with Crippen LogP contribution in [0.2, 0.25) is 5.02 Å². The third kappa shape index (κ3) is 6.22. The van der Waals surface area contributed by atoms with Crippen LogP contribution in [0.5, 0.6) is 0 Å². The lowest BCUT2D eigenvalue weighted by Crippen LogP contribution is -2.43. The van der Waals surface area contributed by atoms with E-state index in [1.807, 2.05) is 0 Å². The number of ether oxygens (including phenoxy) is 1. The Morgan fingerprint density at radius 1 is 1.18 bits per heavy atom. The van der Waals surface area contributed by atoms with Crippen molar-refractivity contribution in [2.24, 2.45) is 5.41 Å². The first-order valence-corrected chi connectivity index (χ1v) is 12.0. The zero-order chi connectivity index (χ0) is 27.5. The summed E-state index contributed by atoms with van der Waals surface area (Å²) in [7, 11) is 0. The van der Waals surface area contributed by atoms with E-state index in [0.717, 1.165) is 6.07 Å². The standard InChI is InChI=1S/C26H25ClF3N5O3/c1-15-6-19(35-21-3-2-17(27)8-20(21)26(28,29)30)12-33-22(15)13-34-24(37)25(4-5-38-14-25)9-23(36)16-7-18(31)11-32-10-16/h2-3,6-8,10-12,35H,4-5,9,13-14,31H2,1H3,(H,34,37)/t25-/m0/s1. The number of nitrogens with one attached hydrogen (secondary N) is 2. The molecule has 0 unspecified atom stereocenters. The number of rotatable bonds is 8. The Morgan fingerprint density at radius 2 is 1.97 bits per heavy atom. The second kappa shape index (κ2) is 11.0. The highest BCUT2D eigenvalue weighted by molar-refractivity contribution is 6.30. The van der Waals surface area contributed by atoms with E-state index in [9.17, 15) is 22.8 Å². The molecule has 0 radical (unpaired) electrons. The van der Waals surface area contributed by atoms with E-state index in [1.165, 1.54) is 36.8 Å². The molecule has 2 aromatic heterocycles. The summed E-state index contributed by atoms with van der Waals surface area (Å²) < 4.78 is 45.7. The SMILES string of the molecule is Cc1cc(Nc2ccc(Cl)cc2C(F)(F)F)cnc1CNC(=O)[C@]1(CC(=O)c2cncc(N)c2)CCOC1. The maximum absolute atomic E-state index is 13.4. The Kier molecular flexibility index (Phi) is 7.89. The number of alkyl halides is 3. The molecule has 1 atom stereocenters. The van der Waals surface area contributed by atoms with Crippen LogP contribution in [0.4, 0.5) is 30.2 Å². The van der Waals surface area contributed by atoms with Crippen molar-refractivity contribution in [1.29, 1.82) is 0 Å². The molecule has 0 spiro atoms. The second-order valence-corrected chi connectivity index (χ2v) is 9.61. The molecule has 8 nitrogen and oxygen atoms in total. The zero-order valence-electron chi connectivity index (χ0n) is 20.4. The third-order valence-corrected chi connectivity index (χ3v) is 6.57. The number of nitrogens with two attached hydrogens (primary N) is 1. The van der Waals surface area contributed by atoms with Crippen molar-refractivity contribution in [1.82, 2.24) is 15.3 Å². The Balaban J connectivity index is 1.44. The van der Waals surface area contributed by atoms with Gasteiger partial charge in [0.05, 0.1) is 53.1 Å². The zero-order valence-corrected chi connectivity index (χ0v) is 21.1. The van der Waals surface area contributed by atoms with Gasteiger partial charge in [-0.3, -0.25) is 19.6 Å². The van der Waals surface area contributed by atoms with Gasteiger partial charge in [0.25, 0.3) is 0 Å². The van der Waals surface area contributed by atoms with E-state index >= 15 is 0 Å². The molecule has 1 aliphatic heterocycles. The predicted molar refractivity (Wildman–Crippen MR) is 136 cm³/mol. The van der Waals surface area contributed by atoms with Gasteiger partial charge in [0.2, 0.25) is 5.91 Å². The van der Waals surface area contributed by atoms with Gasteiger partial charge in [0.15, 0.2) is 5.78 Å². The second-order valence-electron chi connectivity index (χ2n) is 9.17. The number of pyridine rings is 2. The number of ketones is 1. The van der Waals surface area contributed by atoms with Crippen LogP contribution in [0, 0.1) is 12.3 Å². The number of hydrogen-bond donors (Lipinski definition) is 3. The fourth-order valence-corrected chi connectivity index (χ4v) is 4.42. The van der Waals surface area contributed by atoms with Crippen molar-refractivity contribution in [2.75, 3.05) is 24.3 Å². The average Bonchev–Trinajstić information content (AvgIpc) is 3.33. The van der Waals surface area contributed by atoms with Crippen molar-refractivity contribution < 1.29 is 27.5 Å². The topological polar surface area (TPSA) is 119 Å². The summed E-state index contributed by atoms with van der Waals surface area (Å²) in [5, 5.41) is 5.54. The van der Waals surface area contributed by atoms with Crippen LogP contribution >= 0.6 is 11.6 Å². The lowest BCUT2D eigenvalue weighted by molar-refractivity contribution is -0.137. The van der Waals surface area contributed by atoms with Crippen molar-refractivity contribution in [3.05, 3.63) is 76.3 Å². The molecule has 1 aliphatic rings. The van der Waals surface area contributed by atoms with Crippen molar-refractivity contribution in [3.63, 3.8) is 0 Å². The summed E-state index contributed by atoms with van der Waals surface area (Å²) in [4.78, 5) is 34.3.